The SMILES string of the molecule is NCC=CC(=O)Nc1ccc2nccc(Nc3ccccc3)c2c1. The van der Waals surface area contributed by atoms with Gasteiger partial charge in [-0.15, -0.1) is 0 Å². The molecule has 5 heteroatoms. The third-order valence-corrected chi connectivity index (χ3v) is 3.47. The highest BCUT2D eigenvalue weighted by Gasteiger charge is 2.05. The number of pyridine rings is 1. The molecule has 0 aliphatic rings. The number of para-hydroxylation sites is 1. The topological polar surface area (TPSA) is 80.0 Å². The highest BCUT2D eigenvalue weighted by atomic mass is 16.1. The maximum atomic E-state index is 11.8. The number of hydrogen-bond donors (Lipinski definition) is 3. The van der Waals surface area contributed by atoms with E-state index in [1.54, 1.807) is 12.3 Å². The van der Waals surface area contributed by atoms with E-state index in [-0.39, 0.29) is 5.91 Å². The van der Waals surface area contributed by atoms with Crippen LogP contribution in [0.1, 0.15) is 0 Å². The van der Waals surface area contributed by atoms with Crippen molar-refractivity contribution < 1.29 is 4.79 Å². The summed E-state index contributed by atoms with van der Waals surface area (Å²) in [5, 5.41) is 7.13. The first-order valence-corrected chi connectivity index (χ1v) is 7.65. The summed E-state index contributed by atoms with van der Waals surface area (Å²) in [5.41, 5.74) is 8.84. The Balaban J connectivity index is 1.91. The molecule has 4 N–H and O–H groups in total. The van der Waals surface area contributed by atoms with Gasteiger partial charge in [0, 0.05) is 41.3 Å². The predicted molar refractivity (Wildman–Crippen MR) is 98.3 cm³/mol. The third-order valence-electron chi connectivity index (χ3n) is 3.47. The first kappa shape index (κ1) is 15.7. The van der Waals surface area contributed by atoms with Crippen LogP contribution in [0.25, 0.3) is 10.9 Å². The number of amides is 1. The highest BCUT2D eigenvalue weighted by Crippen LogP contribution is 2.27. The monoisotopic (exact) mass is 318 g/mol. The van der Waals surface area contributed by atoms with E-state index in [1.807, 2.05) is 54.6 Å². The summed E-state index contributed by atoms with van der Waals surface area (Å²) in [4.78, 5) is 16.2. The molecule has 1 aromatic heterocycles. The molecule has 3 aromatic rings. The van der Waals surface area contributed by atoms with Gasteiger partial charge in [-0.1, -0.05) is 24.3 Å². The lowest BCUT2D eigenvalue weighted by Gasteiger charge is -2.11. The van der Waals surface area contributed by atoms with Crippen LogP contribution in [0.4, 0.5) is 17.1 Å². The minimum Gasteiger partial charge on any atom is -0.355 e. The summed E-state index contributed by atoms with van der Waals surface area (Å²) in [6.07, 6.45) is 4.80. The summed E-state index contributed by atoms with van der Waals surface area (Å²) in [6, 6.07) is 17.4. The van der Waals surface area contributed by atoms with Crippen LogP contribution in [-0.4, -0.2) is 17.4 Å². The molecule has 120 valence electrons. The lowest BCUT2D eigenvalue weighted by Crippen LogP contribution is -2.08. The molecular formula is C19H18N4O. The number of carbonyl (C=O) groups is 1. The van der Waals surface area contributed by atoms with Crippen molar-refractivity contribution >= 4 is 33.9 Å². The Hall–Kier alpha value is -3.18. The zero-order chi connectivity index (χ0) is 16.8. The van der Waals surface area contributed by atoms with Crippen LogP contribution in [0.15, 0.2) is 72.9 Å². The van der Waals surface area contributed by atoms with Gasteiger partial charge in [0.15, 0.2) is 0 Å². The van der Waals surface area contributed by atoms with Gasteiger partial charge < -0.3 is 16.4 Å². The summed E-state index contributed by atoms with van der Waals surface area (Å²) >= 11 is 0. The molecule has 24 heavy (non-hydrogen) atoms. The number of nitrogens with zero attached hydrogens (tertiary/aromatic N) is 1. The van der Waals surface area contributed by atoms with E-state index in [9.17, 15) is 4.79 Å². The van der Waals surface area contributed by atoms with Crippen LogP contribution >= 0.6 is 0 Å². The van der Waals surface area contributed by atoms with E-state index in [0.29, 0.717) is 12.2 Å². The van der Waals surface area contributed by atoms with E-state index in [1.165, 1.54) is 6.08 Å². The van der Waals surface area contributed by atoms with Crippen molar-refractivity contribution in [1.29, 1.82) is 0 Å². The summed E-state index contributed by atoms with van der Waals surface area (Å²) < 4.78 is 0. The Morgan fingerprint density at radius 2 is 1.92 bits per heavy atom. The second-order valence-corrected chi connectivity index (χ2v) is 5.21. The van der Waals surface area contributed by atoms with Gasteiger partial charge in [-0.2, -0.15) is 0 Å². The van der Waals surface area contributed by atoms with Crippen LogP contribution in [0.5, 0.6) is 0 Å². The standard InChI is InChI=1S/C19H18N4O/c20-11-4-7-19(24)23-15-8-9-17-16(13-15)18(10-12-21-17)22-14-5-2-1-3-6-14/h1-10,12-13H,11,20H2,(H,21,22)(H,23,24). The fraction of sp³-hybridized carbons (Fsp3) is 0.0526. The normalized spacial score (nSPS) is 10.9. The number of fused-ring (bicyclic) bond motifs is 1. The molecule has 1 heterocycles. The number of carbonyl (C=O) groups excluding carboxylic acids is 1. The molecule has 2 aromatic carbocycles. The van der Waals surface area contributed by atoms with Gasteiger partial charge in [0.1, 0.15) is 0 Å². The Morgan fingerprint density at radius 3 is 2.71 bits per heavy atom. The predicted octanol–water partition coefficient (Wildman–Crippen LogP) is 3.43. The molecule has 0 atom stereocenters. The van der Waals surface area contributed by atoms with Crippen molar-refractivity contribution in [3.05, 3.63) is 72.9 Å². The lowest BCUT2D eigenvalue weighted by molar-refractivity contribution is -0.111. The van der Waals surface area contributed by atoms with Crippen LogP contribution in [0.3, 0.4) is 0 Å². The van der Waals surface area contributed by atoms with Crippen molar-refractivity contribution in [2.24, 2.45) is 5.73 Å². The van der Waals surface area contributed by atoms with Gasteiger partial charge in [0.25, 0.3) is 0 Å². The largest absolute Gasteiger partial charge is 0.355 e. The smallest absolute Gasteiger partial charge is 0.248 e. The van der Waals surface area contributed by atoms with Gasteiger partial charge in [-0.3, -0.25) is 9.78 Å². The van der Waals surface area contributed by atoms with E-state index < -0.39 is 0 Å². The number of nitrogens with one attached hydrogen (secondary N) is 2. The van der Waals surface area contributed by atoms with E-state index in [4.69, 9.17) is 5.73 Å². The first-order chi connectivity index (χ1) is 11.8. The molecule has 0 unspecified atom stereocenters. The van der Waals surface area contributed by atoms with Crippen molar-refractivity contribution in [2.45, 2.75) is 0 Å². The van der Waals surface area contributed by atoms with Crippen molar-refractivity contribution in [1.82, 2.24) is 4.98 Å². The summed E-state index contributed by atoms with van der Waals surface area (Å²) in [6.45, 7) is 0.334. The number of nitrogens with two attached hydrogens (primary N) is 1. The van der Waals surface area contributed by atoms with Crippen molar-refractivity contribution in [2.75, 3.05) is 17.2 Å². The Labute approximate surface area is 140 Å². The van der Waals surface area contributed by atoms with Crippen LogP contribution in [0.2, 0.25) is 0 Å². The summed E-state index contributed by atoms with van der Waals surface area (Å²) in [7, 11) is 0. The Kier molecular flexibility index (Phi) is 4.84. The van der Waals surface area contributed by atoms with Gasteiger partial charge >= 0.3 is 0 Å². The second-order valence-electron chi connectivity index (χ2n) is 5.21. The lowest BCUT2D eigenvalue weighted by atomic mass is 10.1. The van der Waals surface area contributed by atoms with Gasteiger partial charge in [0.05, 0.1) is 5.52 Å². The number of benzene rings is 2. The Morgan fingerprint density at radius 1 is 1.08 bits per heavy atom. The van der Waals surface area contributed by atoms with Crippen LogP contribution < -0.4 is 16.4 Å². The molecule has 0 saturated carbocycles. The molecule has 0 fully saturated rings. The average Bonchev–Trinajstić information content (AvgIpc) is 2.61. The molecule has 0 aliphatic heterocycles. The number of aromatic nitrogens is 1. The molecule has 0 bridgehead atoms. The molecular weight excluding hydrogens is 300 g/mol. The molecule has 3 rings (SSSR count). The molecule has 0 aliphatic carbocycles. The Bertz CT molecular complexity index is 875. The average molecular weight is 318 g/mol. The maximum Gasteiger partial charge on any atom is 0.248 e. The fourth-order valence-corrected chi connectivity index (χ4v) is 2.37. The minimum absolute atomic E-state index is 0.207. The highest BCUT2D eigenvalue weighted by molar-refractivity contribution is 6.02. The molecule has 0 radical (unpaired) electrons. The van der Waals surface area contributed by atoms with Gasteiger partial charge in [-0.25, -0.2) is 0 Å². The quantitative estimate of drug-likeness (QED) is 0.630. The van der Waals surface area contributed by atoms with E-state index in [0.717, 1.165) is 22.3 Å². The zero-order valence-electron chi connectivity index (χ0n) is 13.1. The minimum atomic E-state index is -0.207. The van der Waals surface area contributed by atoms with Crippen LogP contribution in [-0.2, 0) is 4.79 Å². The molecule has 5 nitrogen and oxygen atoms in total. The van der Waals surface area contributed by atoms with Gasteiger partial charge in [-0.05, 0) is 36.4 Å². The van der Waals surface area contributed by atoms with Crippen molar-refractivity contribution in [3.63, 3.8) is 0 Å². The number of hydrogen-bond acceptors (Lipinski definition) is 4. The molecule has 1 amide bonds. The maximum absolute atomic E-state index is 11.8. The number of rotatable bonds is 5. The van der Waals surface area contributed by atoms with Crippen molar-refractivity contribution in [3.8, 4) is 0 Å². The number of anilines is 3. The molecule has 0 saturated heterocycles. The van der Waals surface area contributed by atoms with E-state index >= 15 is 0 Å². The molecule has 0 spiro atoms. The first-order valence-electron chi connectivity index (χ1n) is 7.65. The second kappa shape index (κ2) is 7.39. The fourth-order valence-electron chi connectivity index (χ4n) is 2.37. The third kappa shape index (κ3) is 3.77. The summed E-state index contributed by atoms with van der Waals surface area (Å²) in [5.74, 6) is -0.207. The van der Waals surface area contributed by atoms with Crippen LogP contribution in [0, 0.1) is 0 Å². The van der Waals surface area contributed by atoms with Gasteiger partial charge in [0.2, 0.25) is 5.91 Å². The van der Waals surface area contributed by atoms with E-state index in [2.05, 4.69) is 15.6 Å². The zero-order valence-corrected chi connectivity index (χ0v) is 13.1.